The Hall–Kier alpha value is -1.76. The third-order valence-electron chi connectivity index (χ3n) is 13.7. The number of carbonyl (C=O) groups excluding carboxylic acids is 2. The van der Waals surface area contributed by atoms with Crippen molar-refractivity contribution in [3.05, 3.63) is 12.2 Å². The van der Waals surface area contributed by atoms with Crippen LogP contribution in [0.1, 0.15) is 232 Å². The van der Waals surface area contributed by atoms with Crippen molar-refractivity contribution in [3.63, 3.8) is 0 Å². The van der Waals surface area contributed by atoms with Crippen molar-refractivity contribution in [3.8, 4) is 0 Å². The maximum Gasteiger partial charge on any atom is 0.306 e. The SMILES string of the molecule is CCCCCCCC/C=C/CCCCCCCCCCCCCC(=O)OC[C@@H](CO[C@@H]1O[C@H](CO[C@@H]2O[C@H](CO)[C@H](O)C(O)C2O)[C@H](O)C(O)C1O)OC(=O)CCCCCCCCCCCCCCC. The average molecular weight is 1000 g/mol. The molecule has 0 aromatic heterocycles. The van der Waals surface area contributed by atoms with Crippen molar-refractivity contribution in [1.29, 1.82) is 0 Å². The second-order valence-corrected chi connectivity index (χ2v) is 20.1. The number of carbonyl (C=O) groups is 2. The summed E-state index contributed by atoms with van der Waals surface area (Å²) in [7, 11) is 0. The molecule has 2 aliphatic rings. The molecule has 0 aliphatic carbocycles. The second-order valence-electron chi connectivity index (χ2n) is 20.1. The molecule has 0 aromatic rings. The van der Waals surface area contributed by atoms with Gasteiger partial charge in [-0.2, -0.15) is 0 Å². The van der Waals surface area contributed by atoms with Gasteiger partial charge in [0.1, 0.15) is 55.4 Å². The number of hydrogen-bond acceptors (Lipinski definition) is 15. The minimum Gasteiger partial charge on any atom is -0.462 e. The van der Waals surface area contributed by atoms with Crippen molar-refractivity contribution >= 4 is 11.9 Å². The molecule has 70 heavy (non-hydrogen) atoms. The molecular formula is C55H102O15. The quantitative estimate of drug-likeness (QED) is 0.0172. The Morgan fingerprint density at radius 1 is 0.443 bits per heavy atom. The molecule has 412 valence electrons. The van der Waals surface area contributed by atoms with E-state index in [9.17, 15) is 45.3 Å². The zero-order valence-electron chi connectivity index (χ0n) is 43.8. The highest BCUT2D eigenvalue weighted by molar-refractivity contribution is 5.70. The topological polar surface area (TPSA) is 231 Å². The molecule has 2 aliphatic heterocycles. The number of rotatable bonds is 45. The van der Waals surface area contributed by atoms with Crippen LogP contribution >= 0.6 is 0 Å². The van der Waals surface area contributed by atoms with E-state index in [2.05, 4.69) is 26.0 Å². The first-order chi connectivity index (χ1) is 34.0. The zero-order chi connectivity index (χ0) is 51.0. The van der Waals surface area contributed by atoms with Gasteiger partial charge in [0.25, 0.3) is 0 Å². The monoisotopic (exact) mass is 1000 g/mol. The number of aliphatic hydroxyl groups is 7. The largest absolute Gasteiger partial charge is 0.462 e. The lowest BCUT2D eigenvalue weighted by Crippen LogP contribution is -2.61. The lowest BCUT2D eigenvalue weighted by Gasteiger charge is -2.42. The highest BCUT2D eigenvalue weighted by Gasteiger charge is 2.47. The molecule has 2 heterocycles. The van der Waals surface area contributed by atoms with Crippen LogP contribution in [-0.2, 0) is 38.0 Å². The minimum atomic E-state index is -1.76. The van der Waals surface area contributed by atoms with Crippen LogP contribution < -0.4 is 0 Å². The van der Waals surface area contributed by atoms with Crippen LogP contribution in [0.4, 0.5) is 0 Å². The molecule has 0 spiro atoms. The maximum atomic E-state index is 13.0. The van der Waals surface area contributed by atoms with Gasteiger partial charge in [0.05, 0.1) is 19.8 Å². The smallest absolute Gasteiger partial charge is 0.306 e. The van der Waals surface area contributed by atoms with E-state index in [1.165, 1.54) is 154 Å². The van der Waals surface area contributed by atoms with Crippen LogP contribution in [-0.4, -0.2) is 142 Å². The number of ether oxygens (including phenoxy) is 6. The van der Waals surface area contributed by atoms with Gasteiger partial charge in [-0.25, -0.2) is 0 Å². The predicted octanol–water partition coefficient (Wildman–Crippen LogP) is 8.94. The summed E-state index contributed by atoms with van der Waals surface area (Å²) in [4.78, 5) is 25.8. The molecule has 7 N–H and O–H groups in total. The molecule has 0 radical (unpaired) electrons. The summed E-state index contributed by atoms with van der Waals surface area (Å²) < 4.78 is 33.7. The summed E-state index contributed by atoms with van der Waals surface area (Å²) in [5.41, 5.74) is 0. The Labute approximate surface area is 422 Å². The Morgan fingerprint density at radius 3 is 1.26 bits per heavy atom. The van der Waals surface area contributed by atoms with Gasteiger partial charge in [0, 0.05) is 12.8 Å². The Bertz CT molecular complexity index is 1270. The van der Waals surface area contributed by atoms with Crippen molar-refractivity contribution in [2.75, 3.05) is 26.4 Å². The van der Waals surface area contributed by atoms with Crippen LogP contribution in [0.25, 0.3) is 0 Å². The normalized spacial score (nSPS) is 25.4. The van der Waals surface area contributed by atoms with E-state index in [1.54, 1.807) is 0 Å². The Morgan fingerprint density at radius 2 is 0.814 bits per heavy atom. The first-order valence-electron chi connectivity index (χ1n) is 28.3. The van der Waals surface area contributed by atoms with Gasteiger partial charge in [-0.1, -0.05) is 193 Å². The van der Waals surface area contributed by atoms with Crippen LogP contribution in [0.2, 0.25) is 0 Å². The predicted molar refractivity (Wildman–Crippen MR) is 271 cm³/mol. The highest BCUT2D eigenvalue weighted by atomic mass is 16.7. The minimum absolute atomic E-state index is 0.171. The van der Waals surface area contributed by atoms with Gasteiger partial charge in [-0.15, -0.1) is 0 Å². The van der Waals surface area contributed by atoms with Crippen LogP contribution in [0, 0.1) is 0 Å². The molecule has 0 aromatic carbocycles. The number of allylic oxidation sites excluding steroid dienone is 2. The third-order valence-corrected chi connectivity index (χ3v) is 13.7. The standard InChI is InChI=1S/C55H102O15/c1-3-5-7-9-11-13-15-17-18-19-20-21-22-23-24-26-27-29-31-33-35-37-46(57)65-40-43(68-47(58)38-36-34-32-30-28-25-16-14-12-10-8-6-4-2)41-66-54-53(64)51(62)49(60)45(70-54)42-67-55-52(63)50(61)48(59)44(39-56)69-55/h17-18,43-45,48-56,59-64H,3-16,19-42H2,1-2H3/b18-17+/t43-,44+,45+,48-,49-,50?,51?,52?,53?,54+,55+/m0/s1. The van der Waals surface area contributed by atoms with Gasteiger partial charge in [0.2, 0.25) is 0 Å². The Balaban J connectivity index is 1.74. The molecular weight excluding hydrogens is 901 g/mol. The number of unbranched alkanes of at least 4 members (excludes halogenated alkanes) is 29. The molecule has 2 rings (SSSR count). The fraction of sp³-hybridized carbons (Fsp3) is 0.927. The number of aliphatic hydroxyl groups excluding tert-OH is 7. The van der Waals surface area contributed by atoms with E-state index in [1.807, 2.05) is 0 Å². The summed E-state index contributed by atoms with van der Waals surface area (Å²) in [5, 5.41) is 72.2. The highest BCUT2D eigenvalue weighted by Crippen LogP contribution is 2.27. The first kappa shape index (κ1) is 64.4. The van der Waals surface area contributed by atoms with Crippen molar-refractivity contribution in [2.45, 2.75) is 300 Å². The van der Waals surface area contributed by atoms with Gasteiger partial charge in [-0.05, 0) is 38.5 Å². The molecule has 2 saturated heterocycles. The molecule has 0 saturated carbocycles. The van der Waals surface area contributed by atoms with Crippen molar-refractivity contribution < 1.29 is 73.8 Å². The summed E-state index contributed by atoms with van der Waals surface area (Å²) in [5.74, 6) is -0.912. The average Bonchev–Trinajstić information content (AvgIpc) is 3.35. The molecule has 4 unspecified atom stereocenters. The second kappa shape index (κ2) is 42.6. The number of esters is 2. The molecule has 15 nitrogen and oxygen atoms in total. The molecule has 0 amide bonds. The molecule has 0 bridgehead atoms. The van der Waals surface area contributed by atoms with E-state index in [0.717, 1.165) is 38.5 Å². The molecule has 2 fully saturated rings. The van der Waals surface area contributed by atoms with Crippen LogP contribution in [0.15, 0.2) is 12.2 Å². The van der Waals surface area contributed by atoms with Crippen molar-refractivity contribution in [2.24, 2.45) is 0 Å². The van der Waals surface area contributed by atoms with E-state index in [4.69, 9.17) is 28.4 Å². The van der Waals surface area contributed by atoms with Gasteiger partial charge >= 0.3 is 11.9 Å². The fourth-order valence-corrected chi connectivity index (χ4v) is 9.10. The van der Waals surface area contributed by atoms with E-state index >= 15 is 0 Å². The summed E-state index contributed by atoms with van der Waals surface area (Å²) in [6, 6.07) is 0. The summed E-state index contributed by atoms with van der Waals surface area (Å²) >= 11 is 0. The van der Waals surface area contributed by atoms with Crippen LogP contribution in [0.5, 0.6) is 0 Å². The van der Waals surface area contributed by atoms with Crippen molar-refractivity contribution in [1.82, 2.24) is 0 Å². The summed E-state index contributed by atoms with van der Waals surface area (Å²) in [6.45, 7) is 2.62. The third kappa shape index (κ3) is 29.8. The lowest BCUT2D eigenvalue weighted by atomic mass is 9.98. The molecule has 11 atom stereocenters. The maximum absolute atomic E-state index is 13.0. The first-order valence-corrected chi connectivity index (χ1v) is 28.3. The zero-order valence-corrected chi connectivity index (χ0v) is 43.8. The summed E-state index contributed by atoms with van der Waals surface area (Å²) in [6.07, 6.45) is 26.6. The lowest BCUT2D eigenvalue weighted by molar-refractivity contribution is -0.332. The van der Waals surface area contributed by atoms with Crippen LogP contribution in [0.3, 0.4) is 0 Å². The van der Waals surface area contributed by atoms with E-state index in [0.29, 0.717) is 12.8 Å². The van der Waals surface area contributed by atoms with E-state index in [-0.39, 0.29) is 26.1 Å². The molecule has 15 heteroatoms. The number of hydrogen-bond donors (Lipinski definition) is 7. The van der Waals surface area contributed by atoms with Gasteiger partial charge in [0.15, 0.2) is 18.7 Å². The van der Waals surface area contributed by atoms with Gasteiger partial charge in [-0.3, -0.25) is 9.59 Å². The van der Waals surface area contributed by atoms with Gasteiger partial charge < -0.3 is 64.2 Å². The Kier molecular flexibility index (Phi) is 39.1. The van der Waals surface area contributed by atoms with E-state index < -0.39 is 92.7 Å². The fourth-order valence-electron chi connectivity index (χ4n) is 9.10.